The predicted molar refractivity (Wildman–Crippen MR) is 112 cm³/mol. The average Bonchev–Trinajstić information content (AvgIpc) is 3.38. The van der Waals surface area contributed by atoms with Crippen molar-refractivity contribution >= 4 is 34.8 Å². The molecule has 3 amide bonds. The first-order chi connectivity index (χ1) is 14.0. The van der Waals surface area contributed by atoms with Crippen molar-refractivity contribution in [2.75, 3.05) is 34.8 Å². The highest BCUT2D eigenvalue weighted by Crippen LogP contribution is 2.29. The third-order valence-electron chi connectivity index (χ3n) is 5.57. The van der Waals surface area contributed by atoms with Crippen LogP contribution in [0.4, 0.5) is 17.1 Å². The van der Waals surface area contributed by atoms with Crippen LogP contribution in [0.15, 0.2) is 48.5 Å². The van der Waals surface area contributed by atoms with Gasteiger partial charge in [0.15, 0.2) is 0 Å². The molecule has 2 saturated heterocycles. The molecule has 4 rings (SSSR count). The van der Waals surface area contributed by atoms with Gasteiger partial charge in [0.25, 0.3) is 0 Å². The molecule has 0 saturated carbocycles. The highest BCUT2D eigenvalue weighted by atomic mass is 16.2. The summed E-state index contributed by atoms with van der Waals surface area (Å²) >= 11 is 0. The van der Waals surface area contributed by atoms with Crippen LogP contribution >= 0.6 is 0 Å². The molecule has 0 radical (unpaired) electrons. The van der Waals surface area contributed by atoms with Gasteiger partial charge in [-0.15, -0.1) is 0 Å². The first-order valence-electron chi connectivity index (χ1n) is 9.87. The molecule has 7 nitrogen and oxygen atoms in total. The van der Waals surface area contributed by atoms with Crippen molar-refractivity contribution in [3.05, 3.63) is 54.1 Å². The van der Waals surface area contributed by atoms with Crippen molar-refractivity contribution in [3.63, 3.8) is 0 Å². The Morgan fingerprint density at radius 2 is 1.55 bits per heavy atom. The number of hydrogen-bond acceptors (Lipinski definition) is 4. The molecule has 2 aliphatic heterocycles. The molecule has 2 aromatic carbocycles. The summed E-state index contributed by atoms with van der Waals surface area (Å²) in [5.74, 6) is -1.20. The molecule has 0 spiro atoms. The second-order valence-electron chi connectivity index (χ2n) is 7.55. The fraction of sp³-hybridized carbons (Fsp3) is 0.318. The highest BCUT2D eigenvalue weighted by Gasteiger charge is 2.35. The van der Waals surface area contributed by atoms with Gasteiger partial charge in [-0.05, 0) is 61.4 Å². The smallest absolute Gasteiger partial charge is 0.248 e. The molecule has 150 valence electrons. The van der Waals surface area contributed by atoms with Crippen LogP contribution in [0.5, 0.6) is 0 Å². The van der Waals surface area contributed by atoms with Gasteiger partial charge in [-0.25, -0.2) is 0 Å². The number of nitrogens with zero attached hydrogens (tertiary/aromatic N) is 2. The summed E-state index contributed by atoms with van der Waals surface area (Å²) in [5, 5.41) is 2.81. The second kappa shape index (κ2) is 7.95. The molecule has 1 atom stereocenters. The van der Waals surface area contributed by atoms with Crippen molar-refractivity contribution in [1.82, 2.24) is 0 Å². The highest BCUT2D eigenvalue weighted by molar-refractivity contribution is 6.03. The van der Waals surface area contributed by atoms with Crippen LogP contribution in [0.2, 0.25) is 0 Å². The van der Waals surface area contributed by atoms with Gasteiger partial charge in [-0.1, -0.05) is 0 Å². The maximum absolute atomic E-state index is 12.6. The maximum Gasteiger partial charge on any atom is 0.248 e. The molecule has 0 aromatic heterocycles. The zero-order chi connectivity index (χ0) is 20.4. The molecule has 0 aliphatic carbocycles. The van der Waals surface area contributed by atoms with Gasteiger partial charge in [-0.2, -0.15) is 0 Å². The van der Waals surface area contributed by atoms with E-state index >= 15 is 0 Å². The van der Waals surface area contributed by atoms with E-state index in [1.165, 1.54) is 18.5 Å². The minimum atomic E-state index is -0.518. The Morgan fingerprint density at radius 1 is 0.931 bits per heavy atom. The summed E-state index contributed by atoms with van der Waals surface area (Å²) < 4.78 is 0. The van der Waals surface area contributed by atoms with Gasteiger partial charge in [-0.3, -0.25) is 14.4 Å². The molecule has 2 heterocycles. The van der Waals surface area contributed by atoms with Crippen molar-refractivity contribution in [1.29, 1.82) is 0 Å². The number of rotatable bonds is 5. The Labute approximate surface area is 169 Å². The SMILES string of the molecule is NC(=O)c1ccc(NC(=O)C2CC(=O)N(c3ccc(N4CCCC4)cc3)C2)cc1. The first-order valence-corrected chi connectivity index (χ1v) is 9.87. The summed E-state index contributed by atoms with van der Waals surface area (Å²) in [5.41, 5.74) is 8.16. The molecule has 1 unspecified atom stereocenters. The van der Waals surface area contributed by atoms with E-state index in [1.807, 2.05) is 24.3 Å². The van der Waals surface area contributed by atoms with Crippen molar-refractivity contribution in [2.24, 2.45) is 11.7 Å². The van der Waals surface area contributed by atoms with E-state index < -0.39 is 11.8 Å². The summed E-state index contributed by atoms with van der Waals surface area (Å²) in [7, 11) is 0. The molecule has 29 heavy (non-hydrogen) atoms. The average molecular weight is 392 g/mol. The van der Waals surface area contributed by atoms with Gasteiger partial charge in [0.2, 0.25) is 17.7 Å². The van der Waals surface area contributed by atoms with Gasteiger partial charge in [0, 0.05) is 48.7 Å². The number of anilines is 3. The Kier molecular flexibility index (Phi) is 5.20. The Hall–Kier alpha value is -3.35. The Balaban J connectivity index is 1.39. The molecule has 2 aromatic rings. The minimum Gasteiger partial charge on any atom is -0.372 e. The quantitative estimate of drug-likeness (QED) is 0.817. The van der Waals surface area contributed by atoms with Crippen LogP contribution in [-0.4, -0.2) is 37.4 Å². The molecular weight excluding hydrogens is 368 g/mol. The number of nitrogens with one attached hydrogen (secondary N) is 1. The maximum atomic E-state index is 12.6. The third kappa shape index (κ3) is 4.08. The lowest BCUT2D eigenvalue weighted by molar-refractivity contribution is -0.122. The molecule has 3 N–H and O–H groups in total. The zero-order valence-corrected chi connectivity index (χ0v) is 16.1. The number of benzene rings is 2. The standard InChI is InChI=1S/C22H24N4O3/c23-21(28)15-3-5-17(6-4-15)24-22(29)16-13-20(27)26(14-16)19-9-7-18(8-10-19)25-11-1-2-12-25/h3-10,16H,1-2,11-14H2,(H2,23,28)(H,24,29). The number of carbonyl (C=O) groups excluding carboxylic acids is 3. The van der Waals surface area contributed by atoms with E-state index in [2.05, 4.69) is 10.2 Å². The monoisotopic (exact) mass is 392 g/mol. The Morgan fingerprint density at radius 3 is 2.17 bits per heavy atom. The lowest BCUT2D eigenvalue weighted by Gasteiger charge is -2.20. The molecular formula is C22H24N4O3. The van der Waals surface area contributed by atoms with Gasteiger partial charge in [0.1, 0.15) is 0 Å². The van der Waals surface area contributed by atoms with Crippen molar-refractivity contribution < 1.29 is 14.4 Å². The summed E-state index contributed by atoms with van der Waals surface area (Å²) in [6, 6.07) is 14.4. The number of nitrogens with two attached hydrogens (primary N) is 1. The predicted octanol–water partition coefficient (Wildman–Crippen LogP) is 2.38. The number of amides is 3. The van der Waals surface area contributed by atoms with Crippen LogP contribution in [0, 0.1) is 5.92 Å². The molecule has 0 bridgehead atoms. The first kappa shape index (κ1) is 19.0. The van der Waals surface area contributed by atoms with E-state index in [1.54, 1.807) is 29.2 Å². The van der Waals surface area contributed by atoms with E-state index in [0.717, 1.165) is 18.8 Å². The third-order valence-corrected chi connectivity index (χ3v) is 5.57. The Bertz CT molecular complexity index is 918. The zero-order valence-electron chi connectivity index (χ0n) is 16.1. The fourth-order valence-electron chi connectivity index (χ4n) is 3.91. The van der Waals surface area contributed by atoms with Crippen LogP contribution in [0.3, 0.4) is 0 Å². The van der Waals surface area contributed by atoms with Crippen molar-refractivity contribution in [2.45, 2.75) is 19.3 Å². The molecule has 2 aliphatic rings. The van der Waals surface area contributed by atoms with E-state index in [9.17, 15) is 14.4 Å². The summed E-state index contributed by atoms with van der Waals surface area (Å²) in [6.45, 7) is 2.50. The lowest BCUT2D eigenvalue weighted by Crippen LogP contribution is -2.28. The van der Waals surface area contributed by atoms with Gasteiger partial charge in [0.05, 0.1) is 5.92 Å². The number of carbonyl (C=O) groups is 3. The number of hydrogen-bond donors (Lipinski definition) is 2. The van der Waals surface area contributed by atoms with E-state index in [0.29, 0.717) is 17.8 Å². The molecule has 2 fully saturated rings. The topological polar surface area (TPSA) is 95.7 Å². The van der Waals surface area contributed by atoms with Crippen LogP contribution in [0.25, 0.3) is 0 Å². The van der Waals surface area contributed by atoms with Crippen LogP contribution in [0.1, 0.15) is 29.6 Å². The fourth-order valence-corrected chi connectivity index (χ4v) is 3.91. The minimum absolute atomic E-state index is 0.0526. The van der Waals surface area contributed by atoms with Gasteiger partial charge >= 0.3 is 0 Å². The summed E-state index contributed by atoms with van der Waals surface area (Å²) in [6.07, 6.45) is 2.61. The number of primary amides is 1. The van der Waals surface area contributed by atoms with Gasteiger partial charge < -0.3 is 20.9 Å². The van der Waals surface area contributed by atoms with Crippen LogP contribution < -0.4 is 20.9 Å². The normalized spacial score (nSPS) is 18.9. The van der Waals surface area contributed by atoms with E-state index in [-0.39, 0.29) is 18.2 Å². The molecule has 7 heteroatoms. The summed E-state index contributed by atoms with van der Waals surface area (Å²) in [4.78, 5) is 40.2. The lowest BCUT2D eigenvalue weighted by atomic mass is 10.1. The van der Waals surface area contributed by atoms with Crippen LogP contribution in [-0.2, 0) is 9.59 Å². The van der Waals surface area contributed by atoms with E-state index in [4.69, 9.17) is 5.73 Å². The largest absolute Gasteiger partial charge is 0.372 e. The van der Waals surface area contributed by atoms with Crippen molar-refractivity contribution in [3.8, 4) is 0 Å². The second-order valence-corrected chi connectivity index (χ2v) is 7.55.